The first-order valence-corrected chi connectivity index (χ1v) is 12.6. The van der Waals surface area contributed by atoms with Gasteiger partial charge in [0.1, 0.15) is 17.3 Å². The Balaban J connectivity index is 1.38. The minimum absolute atomic E-state index is 0.479. The van der Waals surface area contributed by atoms with Gasteiger partial charge >= 0.3 is 0 Å². The van der Waals surface area contributed by atoms with Gasteiger partial charge in [0.25, 0.3) is 0 Å². The summed E-state index contributed by atoms with van der Waals surface area (Å²) in [5, 5.41) is 12.1. The number of benzene rings is 1. The SMILES string of the molecule is COc1ccc(-c2nn3c(NCCN4CCOCC4)cccc3c2-c2ccnc(NC3CC3)n2)cc1. The highest BCUT2D eigenvalue weighted by atomic mass is 16.5. The third kappa shape index (κ3) is 4.84. The summed E-state index contributed by atoms with van der Waals surface area (Å²) in [5.74, 6) is 2.43. The van der Waals surface area contributed by atoms with Crippen LogP contribution in [0.25, 0.3) is 28.0 Å². The number of ether oxygens (including phenoxy) is 2. The number of methoxy groups -OCH3 is 1. The number of morpholine rings is 1. The molecule has 4 heterocycles. The average Bonchev–Trinajstić information content (AvgIpc) is 3.65. The van der Waals surface area contributed by atoms with Crippen LogP contribution in [0, 0.1) is 0 Å². The van der Waals surface area contributed by atoms with Gasteiger partial charge in [0.2, 0.25) is 5.95 Å². The second-order valence-electron chi connectivity index (χ2n) is 9.23. The highest BCUT2D eigenvalue weighted by Gasteiger charge is 2.23. The lowest BCUT2D eigenvalue weighted by Gasteiger charge is -2.26. The number of aromatic nitrogens is 4. The first kappa shape index (κ1) is 22.8. The van der Waals surface area contributed by atoms with Gasteiger partial charge < -0.3 is 20.1 Å². The summed E-state index contributed by atoms with van der Waals surface area (Å²) in [6.07, 6.45) is 4.15. The molecule has 2 N–H and O–H groups in total. The Morgan fingerprint density at radius 1 is 1.06 bits per heavy atom. The molecular weight excluding hydrogens is 454 g/mol. The van der Waals surface area contributed by atoms with Gasteiger partial charge in [-0.25, -0.2) is 14.5 Å². The maximum atomic E-state index is 5.47. The monoisotopic (exact) mass is 485 g/mol. The van der Waals surface area contributed by atoms with Gasteiger partial charge in [0, 0.05) is 44.0 Å². The molecule has 3 aromatic heterocycles. The van der Waals surface area contributed by atoms with Gasteiger partial charge in [0.05, 0.1) is 37.1 Å². The molecule has 9 nitrogen and oxygen atoms in total. The van der Waals surface area contributed by atoms with Crippen molar-refractivity contribution in [2.24, 2.45) is 0 Å². The van der Waals surface area contributed by atoms with Crippen LogP contribution in [0.1, 0.15) is 12.8 Å². The van der Waals surface area contributed by atoms with Crippen LogP contribution >= 0.6 is 0 Å². The van der Waals surface area contributed by atoms with Gasteiger partial charge in [0.15, 0.2) is 0 Å². The molecule has 2 fully saturated rings. The Kier molecular flexibility index (Phi) is 6.40. The molecule has 0 radical (unpaired) electrons. The van der Waals surface area contributed by atoms with E-state index in [1.807, 2.05) is 41.0 Å². The third-order valence-electron chi connectivity index (χ3n) is 6.68. The van der Waals surface area contributed by atoms with E-state index in [1.54, 1.807) is 7.11 Å². The van der Waals surface area contributed by atoms with E-state index in [9.17, 15) is 0 Å². The van der Waals surface area contributed by atoms with Crippen molar-refractivity contribution in [2.45, 2.75) is 18.9 Å². The number of anilines is 2. The van der Waals surface area contributed by atoms with Crippen LogP contribution in [0.15, 0.2) is 54.7 Å². The minimum atomic E-state index is 0.479. The Labute approximate surface area is 210 Å². The van der Waals surface area contributed by atoms with Crippen LogP contribution in [0.4, 0.5) is 11.8 Å². The Morgan fingerprint density at radius 3 is 2.67 bits per heavy atom. The fourth-order valence-corrected chi connectivity index (χ4v) is 4.55. The first-order chi connectivity index (χ1) is 17.8. The van der Waals surface area contributed by atoms with Crippen molar-refractivity contribution < 1.29 is 9.47 Å². The quantitative estimate of drug-likeness (QED) is 0.370. The van der Waals surface area contributed by atoms with Crippen LogP contribution in [0.3, 0.4) is 0 Å². The van der Waals surface area contributed by atoms with Crippen molar-refractivity contribution in [1.29, 1.82) is 0 Å². The Bertz CT molecular complexity index is 1330. The molecule has 1 aliphatic carbocycles. The third-order valence-corrected chi connectivity index (χ3v) is 6.68. The number of pyridine rings is 1. The molecule has 2 aliphatic rings. The Morgan fingerprint density at radius 2 is 1.89 bits per heavy atom. The average molecular weight is 486 g/mol. The van der Waals surface area contributed by atoms with Crippen LogP contribution in [0.2, 0.25) is 0 Å². The number of nitrogens with one attached hydrogen (secondary N) is 2. The smallest absolute Gasteiger partial charge is 0.223 e. The number of hydrogen-bond acceptors (Lipinski definition) is 8. The second-order valence-corrected chi connectivity index (χ2v) is 9.23. The van der Waals surface area contributed by atoms with Crippen molar-refractivity contribution in [1.82, 2.24) is 24.5 Å². The zero-order valence-electron chi connectivity index (χ0n) is 20.5. The standard InChI is InChI=1S/C27H31N7O2/c1-35-21-9-5-19(6-10-21)26-25(22-11-12-29-27(31-22)30-20-7-8-20)23-3-2-4-24(34(23)32-26)28-13-14-33-15-17-36-18-16-33/h2-6,9-12,20,28H,7-8,13-18H2,1H3,(H,29,30,31). The van der Waals surface area contributed by atoms with E-state index in [-0.39, 0.29) is 0 Å². The molecule has 1 saturated carbocycles. The van der Waals surface area contributed by atoms with E-state index in [1.165, 1.54) is 12.8 Å². The van der Waals surface area contributed by atoms with Crippen LogP contribution < -0.4 is 15.4 Å². The minimum Gasteiger partial charge on any atom is -0.497 e. The van der Waals surface area contributed by atoms with E-state index in [4.69, 9.17) is 19.6 Å². The van der Waals surface area contributed by atoms with Crippen LogP contribution in [-0.2, 0) is 4.74 Å². The number of rotatable bonds is 9. The van der Waals surface area contributed by atoms with Crippen LogP contribution in [0.5, 0.6) is 5.75 Å². The fourth-order valence-electron chi connectivity index (χ4n) is 4.55. The predicted molar refractivity (Wildman–Crippen MR) is 141 cm³/mol. The summed E-state index contributed by atoms with van der Waals surface area (Å²) in [6, 6.07) is 16.7. The lowest BCUT2D eigenvalue weighted by Crippen LogP contribution is -2.39. The zero-order chi connectivity index (χ0) is 24.3. The molecule has 9 heteroatoms. The number of nitrogens with zero attached hydrogens (tertiary/aromatic N) is 5. The van der Waals surface area contributed by atoms with Crippen molar-refractivity contribution in [3.8, 4) is 28.3 Å². The summed E-state index contributed by atoms with van der Waals surface area (Å²) in [6.45, 7) is 5.35. The van der Waals surface area contributed by atoms with Crippen LogP contribution in [-0.4, -0.2) is 77.0 Å². The van der Waals surface area contributed by atoms with Gasteiger partial charge in [-0.05, 0) is 55.3 Å². The molecule has 0 atom stereocenters. The lowest BCUT2D eigenvalue weighted by molar-refractivity contribution is 0.0398. The van der Waals surface area contributed by atoms with Crippen molar-refractivity contribution >= 4 is 17.3 Å². The summed E-state index contributed by atoms with van der Waals surface area (Å²) in [5.41, 5.74) is 4.70. The van der Waals surface area contributed by atoms with Gasteiger partial charge in [-0.1, -0.05) is 6.07 Å². The lowest BCUT2D eigenvalue weighted by atomic mass is 10.0. The van der Waals surface area contributed by atoms with Crippen molar-refractivity contribution in [2.75, 3.05) is 57.1 Å². The molecule has 36 heavy (non-hydrogen) atoms. The normalized spacial score (nSPS) is 16.2. The summed E-state index contributed by atoms with van der Waals surface area (Å²) < 4.78 is 12.8. The highest BCUT2D eigenvalue weighted by Crippen LogP contribution is 2.36. The molecule has 186 valence electrons. The molecule has 1 aromatic carbocycles. The van der Waals surface area contributed by atoms with Crippen molar-refractivity contribution in [3.05, 3.63) is 54.7 Å². The largest absolute Gasteiger partial charge is 0.497 e. The highest BCUT2D eigenvalue weighted by molar-refractivity contribution is 5.91. The molecular formula is C27H31N7O2. The summed E-state index contributed by atoms with van der Waals surface area (Å²) in [4.78, 5) is 11.7. The fraction of sp³-hybridized carbons (Fsp3) is 0.370. The Hall–Kier alpha value is -3.69. The molecule has 0 bridgehead atoms. The summed E-state index contributed by atoms with van der Waals surface area (Å²) in [7, 11) is 1.68. The molecule has 1 saturated heterocycles. The molecule has 0 unspecified atom stereocenters. The molecule has 0 spiro atoms. The maximum absolute atomic E-state index is 5.47. The zero-order valence-corrected chi connectivity index (χ0v) is 20.5. The van der Waals surface area contributed by atoms with E-state index in [0.29, 0.717) is 12.0 Å². The van der Waals surface area contributed by atoms with E-state index in [0.717, 1.165) is 79.0 Å². The number of fused-ring (bicyclic) bond motifs is 1. The predicted octanol–water partition coefficient (Wildman–Crippen LogP) is 3.79. The first-order valence-electron chi connectivity index (χ1n) is 12.6. The molecule has 4 aromatic rings. The molecule has 0 amide bonds. The molecule has 6 rings (SSSR count). The van der Waals surface area contributed by atoms with E-state index >= 15 is 0 Å². The van der Waals surface area contributed by atoms with Crippen molar-refractivity contribution in [3.63, 3.8) is 0 Å². The maximum Gasteiger partial charge on any atom is 0.223 e. The van der Waals surface area contributed by atoms with Gasteiger partial charge in [-0.15, -0.1) is 0 Å². The van der Waals surface area contributed by atoms with E-state index in [2.05, 4.69) is 38.7 Å². The second kappa shape index (κ2) is 10.1. The summed E-state index contributed by atoms with van der Waals surface area (Å²) >= 11 is 0. The topological polar surface area (TPSA) is 88.8 Å². The van der Waals surface area contributed by atoms with Gasteiger partial charge in [-0.2, -0.15) is 5.10 Å². The number of hydrogen-bond donors (Lipinski definition) is 2. The van der Waals surface area contributed by atoms with E-state index < -0.39 is 0 Å². The molecule has 1 aliphatic heterocycles. The van der Waals surface area contributed by atoms with Gasteiger partial charge in [-0.3, -0.25) is 4.90 Å².